The van der Waals surface area contributed by atoms with Gasteiger partial charge in [0.2, 0.25) is 5.91 Å². The molecule has 136 valence electrons. The van der Waals surface area contributed by atoms with E-state index in [1.807, 2.05) is 13.8 Å². The van der Waals surface area contributed by atoms with Gasteiger partial charge in [0, 0.05) is 32.3 Å². The highest BCUT2D eigenvalue weighted by Crippen LogP contribution is 2.27. The minimum Gasteiger partial charge on any atom is -0.481 e. The number of likely N-dealkylation sites (tertiary alicyclic amines) is 2. The van der Waals surface area contributed by atoms with Gasteiger partial charge >= 0.3 is 12.0 Å². The van der Waals surface area contributed by atoms with Crippen LogP contribution >= 0.6 is 0 Å². The fourth-order valence-electron chi connectivity index (χ4n) is 3.50. The average Bonchev–Trinajstić information content (AvgIpc) is 3.11. The van der Waals surface area contributed by atoms with Crippen LogP contribution in [0.4, 0.5) is 4.79 Å². The van der Waals surface area contributed by atoms with Crippen molar-refractivity contribution in [1.82, 2.24) is 15.1 Å². The molecular formula is C16H27N3O5. The maximum Gasteiger partial charge on any atom is 0.318 e. The third-order valence-electron chi connectivity index (χ3n) is 4.61. The molecular weight excluding hydrogens is 314 g/mol. The number of hydrogen-bond donors (Lipinski definition) is 2. The van der Waals surface area contributed by atoms with Crippen molar-refractivity contribution in [2.24, 2.45) is 0 Å². The molecule has 2 saturated heterocycles. The molecule has 0 bridgehead atoms. The van der Waals surface area contributed by atoms with E-state index in [1.54, 1.807) is 16.9 Å². The number of carboxylic acids is 1. The number of urea groups is 1. The standard InChI is InChI=1S/C16H27N3O5/c1-10(2)17-16(23)18-6-4-5-13(18)15(22)19-9-12(24-3)7-11(19)8-14(20)21/h10-13H,4-9H2,1-3H3,(H,17,23)(H,20,21)/t11?,12?,13-/m0/s1. The van der Waals surface area contributed by atoms with Crippen LogP contribution in [-0.2, 0) is 14.3 Å². The monoisotopic (exact) mass is 341 g/mol. The summed E-state index contributed by atoms with van der Waals surface area (Å²) >= 11 is 0. The summed E-state index contributed by atoms with van der Waals surface area (Å²) in [6.45, 7) is 4.66. The Kier molecular flexibility index (Phi) is 6.04. The Balaban J connectivity index is 2.09. The Morgan fingerprint density at radius 1 is 1.29 bits per heavy atom. The molecule has 0 aliphatic carbocycles. The number of rotatable bonds is 5. The minimum absolute atomic E-state index is 0.00160. The highest BCUT2D eigenvalue weighted by molar-refractivity contribution is 5.88. The van der Waals surface area contributed by atoms with Crippen LogP contribution in [0.5, 0.6) is 0 Å². The molecule has 2 aliphatic rings. The number of aliphatic carboxylic acids is 1. The number of nitrogens with zero attached hydrogens (tertiary/aromatic N) is 2. The van der Waals surface area contributed by atoms with Gasteiger partial charge in [-0.2, -0.15) is 0 Å². The van der Waals surface area contributed by atoms with Gasteiger partial charge < -0.3 is 25.0 Å². The number of carbonyl (C=O) groups excluding carboxylic acids is 2. The third kappa shape index (κ3) is 4.17. The molecule has 8 heteroatoms. The Morgan fingerprint density at radius 2 is 2.00 bits per heavy atom. The molecule has 2 fully saturated rings. The van der Waals surface area contributed by atoms with E-state index in [0.717, 1.165) is 6.42 Å². The first kappa shape index (κ1) is 18.5. The topological polar surface area (TPSA) is 99.2 Å². The maximum absolute atomic E-state index is 13.0. The molecule has 2 heterocycles. The minimum atomic E-state index is -0.935. The highest BCUT2D eigenvalue weighted by atomic mass is 16.5. The van der Waals surface area contributed by atoms with E-state index < -0.39 is 12.0 Å². The van der Waals surface area contributed by atoms with Gasteiger partial charge in [-0.05, 0) is 33.1 Å². The molecule has 0 radical (unpaired) electrons. The van der Waals surface area contributed by atoms with Crippen LogP contribution in [0.2, 0.25) is 0 Å². The van der Waals surface area contributed by atoms with Gasteiger partial charge in [0.1, 0.15) is 6.04 Å². The molecule has 2 unspecified atom stereocenters. The Bertz CT molecular complexity index is 496. The van der Waals surface area contributed by atoms with Crippen molar-refractivity contribution < 1.29 is 24.2 Å². The molecule has 0 saturated carbocycles. The summed E-state index contributed by atoms with van der Waals surface area (Å²) in [5.74, 6) is -1.10. The van der Waals surface area contributed by atoms with E-state index >= 15 is 0 Å². The van der Waals surface area contributed by atoms with E-state index in [4.69, 9.17) is 9.84 Å². The van der Waals surface area contributed by atoms with Crippen LogP contribution in [-0.4, -0.2) is 77.2 Å². The van der Waals surface area contributed by atoms with Crippen molar-refractivity contribution in [3.05, 3.63) is 0 Å². The van der Waals surface area contributed by atoms with E-state index in [2.05, 4.69) is 5.32 Å². The summed E-state index contributed by atoms with van der Waals surface area (Å²) in [5, 5.41) is 11.9. The van der Waals surface area contributed by atoms with Crippen LogP contribution in [0, 0.1) is 0 Å². The molecule has 2 aliphatic heterocycles. The Labute approximate surface area is 142 Å². The average molecular weight is 341 g/mol. The predicted molar refractivity (Wildman–Crippen MR) is 86.6 cm³/mol. The number of carbonyl (C=O) groups is 3. The first-order chi connectivity index (χ1) is 11.3. The van der Waals surface area contributed by atoms with Crippen LogP contribution in [0.25, 0.3) is 0 Å². The summed E-state index contributed by atoms with van der Waals surface area (Å²) in [6, 6.07) is -1.14. The van der Waals surface area contributed by atoms with E-state index in [-0.39, 0.29) is 36.5 Å². The molecule has 2 rings (SSSR count). The second-order valence-electron chi connectivity index (χ2n) is 6.79. The second-order valence-corrected chi connectivity index (χ2v) is 6.79. The first-order valence-corrected chi connectivity index (χ1v) is 8.45. The third-order valence-corrected chi connectivity index (χ3v) is 4.61. The van der Waals surface area contributed by atoms with E-state index in [0.29, 0.717) is 25.9 Å². The SMILES string of the molecule is COC1CC(CC(=O)O)N(C(=O)[C@@H]2CCCN2C(=O)NC(C)C)C1. The lowest BCUT2D eigenvalue weighted by atomic mass is 10.1. The van der Waals surface area contributed by atoms with Crippen LogP contribution in [0.1, 0.15) is 39.5 Å². The lowest BCUT2D eigenvalue weighted by molar-refractivity contribution is -0.141. The largest absolute Gasteiger partial charge is 0.481 e. The molecule has 8 nitrogen and oxygen atoms in total. The zero-order valence-electron chi connectivity index (χ0n) is 14.5. The van der Waals surface area contributed by atoms with Gasteiger partial charge in [-0.25, -0.2) is 4.79 Å². The summed E-state index contributed by atoms with van der Waals surface area (Å²) in [4.78, 5) is 39.5. The molecule has 2 N–H and O–H groups in total. The fraction of sp³-hybridized carbons (Fsp3) is 0.812. The lowest BCUT2D eigenvalue weighted by Crippen LogP contribution is -2.53. The van der Waals surface area contributed by atoms with Gasteiger partial charge in [-0.3, -0.25) is 9.59 Å². The van der Waals surface area contributed by atoms with Crippen molar-refractivity contribution >= 4 is 17.9 Å². The molecule has 0 spiro atoms. The quantitative estimate of drug-likeness (QED) is 0.765. The molecule has 0 aromatic carbocycles. The van der Waals surface area contributed by atoms with Gasteiger partial charge in [0.05, 0.1) is 12.5 Å². The summed E-state index contributed by atoms with van der Waals surface area (Å²) in [7, 11) is 1.56. The van der Waals surface area contributed by atoms with Crippen LogP contribution < -0.4 is 5.32 Å². The zero-order chi connectivity index (χ0) is 17.9. The maximum atomic E-state index is 13.0. The number of amides is 3. The smallest absolute Gasteiger partial charge is 0.318 e. The second kappa shape index (κ2) is 7.83. The van der Waals surface area contributed by atoms with Gasteiger partial charge in [0.15, 0.2) is 0 Å². The van der Waals surface area contributed by atoms with Crippen molar-refractivity contribution in [3.8, 4) is 0 Å². The van der Waals surface area contributed by atoms with E-state index in [9.17, 15) is 14.4 Å². The van der Waals surface area contributed by atoms with Crippen molar-refractivity contribution in [2.45, 2.75) is 63.8 Å². The summed E-state index contributed by atoms with van der Waals surface area (Å²) in [5.41, 5.74) is 0. The number of ether oxygens (including phenoxy) is 1. The summed E-state index contributed by atoms with van der Waals surface area (Å²) < 4.78 is 5.31. The van der Waals surface area contributed by atoms with Crippen molar-refractivity contribution in [3.63, 3.8) is 0 Å². The lowest BCUT2D eigenvalue weighted by Gasteiger charge is -2.31. The van der Waals surface area contributed by atoms with Crippen molar-refractivity contribution in [2.75, 3.05) is 20.2 Å². The highest BCUT2D eigenvalue weighted by Gasteiger charge is 2.43. The number of methoxy groups -OCH3 is 1. The normalized spacial score (nSPS) is 26.9. The van der Waals surface area contributed by atoms with Gasteiger partial charge in [0.25, 0.3) is 0 Å². The van der Waals surface area contributed by atoms with Gasteiger partial charge in [-0.1, -0.05) is 0 Å². The zero-order valence-corrected chi connectivity index (χ0v) is 14.5. The van der Waals surface area contributed by atoms with Crippen LogP contribution in [0.3, 0.4) is 0 Å². The molecule has 24 heavy (non-hydrogen) atoms. The predicted octanol–water partition coefficient (Wildman–Crippen LogP) is 0.659. The fourth-order valence-corrected chi connectivity index (χ4v) is 3.50. The molecule has 0 aromatic rings. The molecule has 0 aromatic heterocycles. The number of carboxylic acid groups (broad SMARTS) is 1. The number of hydrogen-bond acceptors (Lipinski definition) is 4. The first-order valence-electron chi connectivity index (χ1n) is 8.45. The Hall–Kier alpha value is -1.83. The van der Waals surface area contributed by atoms with Crippen molar-refractivity contribution in [1.29, 1.82) is 0 Å². The van der Waals surface area contributed by atoms with Crippen LogP contribution in [0.15, 0.2) is 0 Å². The van der Waals surface area contributed by atoms with E-state index in [1.165, 1.54) is 0 Å². The molecule has 3 amide bonds. The summed E-state index contributed by atoms with van der Waals surface area (Å²) in [6.07, 6.45) is 1.64. The van der Waals surface area contributed by atoms with Gasteiger partial charge in [-0.15, -0.1) is 0 Å². The Morgan fingerprint density at radius 3 is 2.58 bits per heavy atom. The molecule has 3 atom stereocenters. The number of nitrogens with one attached hydrogen (secondary N) is 1.